The van der Waals surface area contributed by atoms with Crippen molar-refractivity contribution in [2.75, 3.05) is 31.1 Å². The molecule has 1 atom stereocenters. The third-order valence-electron chi connectivity index (χ3n) is 4.04. The molecule has 2 fully saturated rings. The highest BCUT2D eigenvalue weighted by Gasteiger charge is 2.23. The van der Waals surface area contributed by atoms with Crippen LogP contribution in [-0.2, 0) is 4.79 Å². The van der Waals surface area contributed by atoms with Crippen LogP contribution in [0.2, 0.25) is 0 Å². The second kappa shape index (κ2) is 9.90. The van der Waals surface area contributed by atoms with E-state index in [0.717, 1.165) is 44.3 Å². The lowest BCUT2D eigenvalue weighted by atomic mass is 10.1. The number of amides is 1. The van der Waals surface area contributed by atoms with Gasteiger partial charge in [0.05, 0.1) is 6.54 Å². The van der Waals surface area contributed by atoms with Crippen molar-refractivity contribution in [2.45, 2.75) is 31.7 Å². The summed E-state index contributed by atoms with van der Waals surface area (Å²) in [5.41, 5.74) is 0. The number of halogens is 2. The van der Waals surface area contributed by atoms with E-state index in [1.54, 1.807) is 12.4 Å². The second-order valence-corrected chi connectivity index (χ2v) is 5.98. The van der Waals surface area contributed by atoms with E-state index >= 15 is 0 Å². The number of hydrogen-bond acceptors (Lipinski definition) is 5. The van der Waals surface area contributed by atoms with Crippen LogP contribution in [0.5, 0.6) is 0 Å². The molecule has 23 heavy (non-hydrogen) atoms. The van der Waals surface area contributed by atoms with Gasteiger partial charge in [-0.2, -0.15) is 0 Å². The number of carbonyl (C=O) groups is 1. The standard InChI is InChI=1S/C15H23N5O.2ClH/c21-14(10-16-9-12-4-5-12)19-13-3-1-8-20(11-13)15-17-6-2-7-18-15;;/h2,6-7,12-13,16H,1,3-5,8-11H2,(H,19,21);2*1H. The number of nitrogens with one attached hydrogen (secondary N) is 2. The van der Waals surface area contributed by atoms with E-state index in [2.05, 4.69) is 25.5 Å². The average molecular weight is 362 g/mol. The maximum absolute atomic E-state index is 11.9. The van der Waals surface area contributed by atoms with Crippen molar-refractivity contribution in [3.05, 3.63) is 18.5 Å². The monoisotopic (exact) mass is 361 g/mol. The first-order valence-electron chi connectivity index (χ1n) is 7.83. The van der Waals surface area contributed by atoms with Crippen LogP contribution in [0, 0.1) is 5.92 Å². The van der Waals surface area contributed by atoms with Crippen LogP contribution in [0.15, 0.2) is 18.5 Å². The molecule has 1 unspecified atom stereocenters. The number of rotatable bonds is 6. The zero-order valence-electron chi connectivity index (χ0n) is 13.1. The van der Waals surface area contributed by atoms with E-state index in [9.17, 15) is 4.79 Å². The van der Waals surface area contributed by atoms with E-state index in [1.807, 2.05) is 6.07 Å². The summed E-state index contributed by atoms with van der Waals surface area (Å²) in [4.78, 5) is 22.6. The minimum absolute atomic E-state index is 0. The Kier molecular flexibility index (Phi) is 8.58. The fourth-order valence-electron chi connectivity index (χ4n) is 2.72. The van der Waals surface area contributed by atoms with Gasteiger partial charge in [0.25, 0.3) is 0 Å². The highest BCUT2D eigenvalue weighted by Crippen LogP contribution is 2.27. The summed E-state index contributed by atoms with van der Waals surface area (Å²) in [5, 5.41) is 6.34. The van der Waals surface area contributed by atoms with Crippen LogP contribution in [0.1, 0.15) is 25.7 Å². The summed E-state index contributed by atoms with van der Waals surface area (Å²) < 4.78 is 0. The number of piperidine rings is 1. The molecule has 2 N–H and O–H groups in total. The Morgan fingerprint density at radius 3 is 2.65 bits per heavy atom. The Balaban J connectivity index is 0.00000132. The molecule has 2 aliphatic rings. The Bertz CT molecular complexity index is 472. The molecule has 0 spiro atoms. The summed E-state index contributed by atoms with van der Waals surface area (Å²) >= 11 is 0. The molecule has 0 bridgehead atoms. The van der Waals surface area contributed by atoms with E-state index in [-0.39, 0.29) is 36.8 Å². The molecule has 0 radical (unpaired) electrons. The molecule has 8 heteroatoms. The predicted molar refractivity (Wildman–Crippen MR) is 95.5 cm³/mol. The van der Waals surface area contributed by atoms with Crippen molar-refractivity contribution < 1.29 is 4.79 Å². The van der Waals surface area contributed by atoms with Crippen molar-refractivity contribution in [2.24, 2.45) is 5.92 Å². The van der Waals surface area contributed by atoms with Gasteiger partial charge in [-0.15, -0.1) is 24.8 Å². The molecule has 2 heterocycles. The van der Waals surface area contributed by atoms with Gasteiger partial charge in [-0.3, -0.25) is 4.79 Å². The highest BCUT2D eigenvalue weighted by atomic mass is 35.5. The molecule has 1 aromatic rings. The van der Waals surface area contributed by atoms with Gasteiger partial charge in [-0.25, -0.2) is 9.97 Å². The van der Waals surface area contributed by atoms with Gasteiger partial charge in [0.2, 0.25) is 11.9 Å². The highest BCUT2D eigenvalue weighted by molar-refractivity contribution is 5.85. The maximum Gasteiger partial charge on any atom is 0.234 e. The Labute approximate surface area is 149 Å². The molecule has 1 amide bonds. The molecule has 3 rings (SSSR count). The zero-order chi connectivity index (χ0) is 14.5. The number of carbonyl (C=O) groups excluding carboxylic acids is 1. The molecule has 1 aliphatic heterocycles. The minimum atomic E-state index is 0. The van der Waals surface area contributed by atoms with Gasteiger partial charge >= 0.3 is 0 Å². The first-order chi connectivity index (χ1) is 10.3. The van der Waals surface area contributed by atoms with Gasteiger partial charge in [-0.1, -0.05) is 0 Å². The van der Waals surface area contributed by atoms with E-state index < -0.39 is 0 Å². The average Bonchev–Trinajstić information content (AvgIpc) is 3.33. The summed E-state index contributed by atoms with van der Waals surface area (Å²) in [5.74, 6) is 1.65. The van der Waals surface area contributed by atoms with Crippen LogP contribution in [0.25, 0.3) is 0 Å². The predicted octanol–water partition coefficient (Wildman–Crippen LogP) is 1.40. The van der Waals surface area contributed by atoms with Gasteiger partial charge in [-0.05, 0) is 44.2 Å². The molecule has 1 aromatic heterocycles. The lowest BCUT2D eigenvalue weighted by Gasteiger charge is -2.33. The summed E-state index contributed by atoms with van der Waals surface area (Å²) in [6.07, 6.45) is 8.21. The lowest BCUT2D eigenvalue weighted by Crippen LogP contribution is -2.50. The normalized spacial score (nSPS) is 20.2. The fraction of sp³-hybridized carbons (Fsp3) is 0.667. The van der Waals surface area contributed by atoms with Gasteiger partial charge in [0, 0.05) is 31.5 Å². The van der Waals surface area contributed by atoms with Crippen molar-refractivity contribution in [3.8, 4) is 0 Å². The molecule has 130 valence electrons. The van der Waals surface area contributed by atoms with Gasteiger partial charge in [0.1, 0.15) is 0 Å². The first kappa shape index (κ1) is 19.9. The molecule has 6 nitrogen and oxygen atoms in total. The van der Waals surface area contributed by atoms with Crippen LogP contribution in [0.4, 0.5) is 5.95 Å². The molecule has 0 aromatic carbocycles. The van der Waals surface area contributed by atoms with Crippen LogP contribution in [-0.4, -0.2) is 48.1 Å². The van der Waals surface area contributed by atoms with Gasteiger partial charge in [0.15, 0.2) is 0 Å². The van der Waals surface area contributed by atoms with Crippen LogP contribution in [0.3, 0.4) is 0 Å². The Morgan fingerprint density at radius 2 is 1.96 bits per heavy atom. The molecule has 1 aliphatic carbocycles. The Hall–Kier alpha value is -1.11. The number of aromatic nitrogens is 2. The summed E-state index contributed by atoms with van der Waals surface area (Å²) in [6, 6.07) is 2.01. The van der Waals surface area contributed by atoms with Crippen molar-refractivity contribution in [3.63, 3.8) is 0 Å². The second-order valence-electron chi connectivity index (χ2n) is 5.98. The SMILES string of the molecule is Cl.Cl.O=C(CNCC1CC1)NC1CCCN(c2ncccn2)C1. The van der Waals surface area contributed by atoms with Crippen molar-refractivity contribution in [1.29, 1.82) is 0 Å². The topological polar surface area (TPSA) is 70.2 Å². The number of hydrogen-bond donors (Lipinski definition) is 2. The molecule has 1 saturated heterocycles. The first-order valence-corrected chi connectivity index (χ1v) is 7.83. The largest absolute Gasteiger partial charge is 0.350 e. The van der Waals surface area contributed by atoms with Gasteiger partial charge < -0.3 is 15.5 Å². The van der Waals surface area contributed by atoms with Crippen LogP contribution < -0.4 is 15.5 Å². The van der Waals surface area contributed by atoms with Crippen molar-refractivity contribution in [1.82, 2.24) is 20.6 Å². The van der Waals surface area contributed by atoms with E-state index in [4.69, 9.17) is 0 Å². The summed E-state index contributed by atoms with van der Waals surface area (Å²) in [7, 11) is 0. The van der Waals surface area contributed by atoms with E-state index in [0.29, 0.717) is 6.54 Å². The number of nitrogens with zero attached hydrogens (tertiary/aromatic N) is 3. The smallest absolute Gasteiger partial charge is 0.234 e. The molecular formula is C15H25Cl2N5O. The van der Waals surface area contributed by atoms with E-state index in [1.165, 1.54) is 12.8 Å². The zero-order valence-corrected chi connectivity index (χ0v) is 14.7. The third-order valence-corrected chi connectivity index (χ3v) is 4.04. The molecular weight excluding hydrogens is 337 g/mol. The van der Waals surface area contributed by atoms with Crippen molar-refractivity contribution >= 4 is 36.7 Å². The maximum atomic E-state index is 11.9. The Morgan fingerprint density at radius 1 is 1.22 bits per heavy atom. The quantitative estimate of drug-likeness (QED) is 0.801. The minimum Gasteiger partial charge on any atom is -0.350 e. The lowest BCUT2D eigenvalue weighted by molar-refractivity contribution is -0.121. The fourth-order valence-corrected chi connectivity index (χ4v) is 2.72. The third kappa shape index (κ3) is 6.49. The molecule has 1 saturated carbocycles. The van der Waals surface area contributed by atoms with Crippen LogP contribution >= 0.6 is 24.8 Å². The number of anilines is 1. The summed E-state index contributed by atoms with van der Waals surface area (Å²) in [6.45, 7) is 3.14.